The number of hydrogen-bond donors (Lipinski definition) is 2. The Hall–Kier alpha value is 0.370. The zero-order valence-electron chi connectivity index (χ0n) is 5.66. The van der Waals surface area contributed by atoms with Crippen LogP contribution in [0.25, 0.3) is 0 Å². The van der Waals surface area contributed by atoms with Crippen molar-refractivity contribution in [3.05, 3.63) is 0 Å². The quantitative estimate of drug-likeness (QED) is 0.480. The molecule has 3 heteroatoms. The van der Waals surface area contributed by atoms with E-state index in [0.29, 0.717) is 12.3 Å². The molecule has 0 N–H and O–H groups in total. The van der Waals surface area contributed by atoms with Gasteiger partial charge in [0.1, 0.15) is 4.58 Å². The molecular formula is C6H12OS2. The van der Waals surface area contributed by atoms with Crippen molar-refractivity contribution in [2.75, 3.05) is 0 Å². The van der Waals surface area contributed by atoms with Gasteiger partial charge in [0.25, 0.3) is 0 Å². The highest BCUT2D eigenvalue weighted by Gasteiger charge is 2.09. The molecule has 9 heavy (non-hydrogen) atoms. The van der Waals surface area contributed by atoms with Gasteiger partial charge in [-0.25, -0.2) is 0 Å². The van der Waals surface area contributed by atoms with Crippen LogP contribution >= 0.6 is 25.3 Å². The standard InChI is InChI=1S/C6H12OS2/c1-4(2)3-5(7)6(8)9/h4,6,8-9H,3H2,1-2H3. The molecule has 0 bridgehead atoms. The van der Waals surface area contributed by atoms with E-state index >= 15 is 0 Å². The molecule has 0 amide bonds. The lowest BCUT2D eigenvalue weighted by molar-refractivity contribution is -0.117. The van der Waals surface area contributed by atoms with Gasteiger partial charge in [-0.2, -0.15) is 25.3 Å². The van der Waals surface area contributed by atoms with Crippen molar-refractivity contribution in [2.24, 2.45) is 5.92 Å². The summed E-state index contributed by atoms with van der Waals surface area (Å²) in [6.07, 6.45) is 0.581. The smallest absolute Gasteiger partial charge is 0.155 e. The zero-order chi connectivity index (χ0) is 7.44. The molecule has 0 spiro atoms. The minimum Gasteiger partial charge on any atom is -0.298 e. The Balaban J connectivity index is 3.51. The molecular weight excluding hydrogens is 152 g/mol. The largest absolute Gasteiger partial charge is 0.298 e. The Morgan fingerprint density at radius 2 is 1.89 bits per heavy atom. The summed E-state index contributed by atoms with van der Waals surface area (Å²) in [6, 6.07) is 0. The molecule has 0 radical (unpaired) electrons. The summed E-state index contributed by atoms with van der Waals surface area (Å²) in [7, 11) is 0. The van der Waals surface area contributed by atoms with E-state index in [1.807, 2.05) is 13.8 Å². The summed E-state index contributed by atoms with van der Waals surface area (Å²) in [4.78, 5) is 10.8. The van der Waals surface area contributed by atoms with Crippen molar-refractivity contribution in [3.8, 4) is 0 Å². The summed E-state index contributed by atoms with van der Waals surface area (Å²) in [6.45, 7) is 4.00. The van der Waals surface area contributed by atoms with Crippen molar-refractivity contribution in [1.82, 2.24) is 0 Å². The van der Waals surface area contributed by atoms with E-state index in [1.54, 1.807) is 0 Å². The number of carbonyl (C=O) groups excluding carboxylic acids is 1. The molecule has 0 aliphatic carbocycles. The molecule has 0 aromatic heterocycles. The predicted octanol–water partition coefficient (Wildman–Crippen LogP) is 1.79. The monoisotopic (exact) mass is 164 g/mol. The van der Waals surface area contributed by atoms with Gasteiger partial charge < -0.3 is 0 Å². The molecule has 54 valence electrons. The Kier molecular flexibility index (Phi) is 4.40. The first-order chi connectivity index (χ1) is 4.04. The van der Waals surface area contributed by atoms with Gasteiger partial charge in [-0.05, 0) is 5.92 Å². The lowest BCUT2D eigenvalue weighted by Crippen LogP contribution is -2.10. The van der Waals surface area contributed by atoms with Gasteiger partial charge in [-0.15, -0.1) is 0 Å². The predicted molar refractivity (Wildman–Crippen MR) is 46.2 cm³/mol. The SMILES string of the molecule is CC(C)CC(=O)C(S)S. The normalized spacial score (nSPS) is 10.9. The Bertz CT molecular complexity index is 99.2. The highest BCUT2D eigenvalue weighted by atomic mass is 32.2. The number of hydrogen-bond acceptors (Lipinski definition) is 3. The number of Topliss-reactive ketones (excluding diaryl/α,β-unsaturated/α-hetero) is 1. The minimum atomic E-state index is -0.396. The van der Waals surface area contributed by atoms with Crippen LogP contribution in [0.2, 0.25) is 0 Å². The van der Waals surface area contributed by atoms with Gasteiger partial charge in [0.2, 0.25) is 0 Å². The third-order valence-corrected chi connectivity index (χ3v) is 1.47. The summed E-state index contributed by atoms with van der Waals surface area (Å²) in [5.74, 6) is 0.524. The van der Waals surface area contributed by atoms with Gasteiger partial charge in [0.05, 0.1) is 0 Å². The van der Waals surface area contributed by atoms with Crippen molar-refractivity contribution in [2.45, 2.75) is 24.9 Å². The van der Waals surface area contributed by atoms with E-state index in [2.05, 4.69) is 25.3 Å². The summed E-state index contributed by atoms with van der Waals surface area (Å²) >= 11 is 7.76. The zero-order valence-corrected chi connectivity index (χ0v) is 7.45. The fourth-order valence-corrected chi connectivity index (χ4v) is 0.719. The third-order valence-electron chi connectivity index (χ3n) is 0.897. The van der Waals surface area contributed by atoms with Crippen LogP contribution in [0.3, 0.4) is 0 Å². The molecule has 0 saturated carbocycles. The van der Waals surface area contributed by atoms with E-state index in [0.717, 1.165) is 0 Å². The van der Waals surface area contributed by atoms with E-state index in [-0.39, 0.29) is 5.78 Å². The molecule has 0 aliphatic rings. The molecule has 0 aliphatic heterocycles. The van der Waals surface area contributed by atoms with Crippen LogP contribution in [0.5, 0.6) is 0 Å². The average molecular weight is 164 g/mol. The van der Waals surface area contributed by atoms with Crippen molar-refractivity contribution < 1.29 is 4.79 Å². The van der Waals surface area contributed by atoms with Crippen molar-refractivity contribution in [1.29, 1.82) is 0 Å². The molecule has 0 fully saturated rings. The molecule has 0 aromatic rings. The number of carbonyl (C=O) groups is 1. The first kappa shape index (κ1) is 9.37. The molecule has 0 atom stereocenters. The van der Waals surface area contributed by atoms with Crippen LogP contribution in [-0.2, 0) is 4.79 Å². The van der Waals surface area contributed by atoms with Crippen molar-refractivity contribution >= 4 is 31.0 Å². The third kappa shape index (κ3) is 4.85. The average Bonchev–Trinajstić information content (AvgIpc) is 1.63. The summed E-state index contributed by atoms with van der Waals surface area (Å²) in [5, 5.41) is 0. The maximum Gasteiger partial charge on any atom is 0.155 e. The van der Waals surface area contributed by atoms with Crippen molar-refractivity contribution in [3.63, 3.8) is 0 Å². The van der Waals surface area contributed by atoms with Crippen LogP contribution in [-0.4, -0.2) is 10.4 Å². The highest BCUT2D eigenvalue weighted by molar-refractivity contribution is 8.00. The summed E-state index contributed by atoms with van der Waals surface area (Å²) in [5.41, 5.74) is 0. The molecule has 0 heterocycles. The van der Waals surface area contributed by atoms with Gasteiger partial charge in [-0.1, -0.05) is 13.8 Å². The van der Waals surface area contributed by atoms with Gasteiger partial charge >= 0.3 is 0 Å². The van der Waals surface area contributed by atoms with Gasteiger partial charge in [-0.3, -0.25) is 4.79 Å². The lowest BCUT2D eigenvalue weighted by atomic mass is 10.1. The fourth-order valence-electron chi connectivity index (χ4n) is 0.508. The van der Waals surface area contributed by atoms with Gasteiger partial charge in [0.15, 0.2) is 5.78 Å². The Morgan fingerprint density at radius 1 is 1.44 bits per heavy atom. The second kappa shape index (κ2) is 4.23. The number of ketones is 1. The van der Waals surface area contributed by atoms with E-state index in [9.17, 15) is 4.79 Å². The van der Waals surface area contributed by atoms with Crippen LogP contribution in [0.15, 0.2) is 0 Å². The van der Waals surface area contributed by atoms with E-state index in [4.69, 9.17) is 0 Å². The topological polar surface area (TPSA) is 17.1 Å². The first-order valence-electron chi connectivity index (χ1n) is 2.93. The van der Waals surface area contributed by atoms with E-state index < -0.39 is 4.58 Å². The van der Waals surface area contributed by atoms with E-state index in [1.165, 1.54) is 0 Å². The van der Waals surface area contributed by atoms with Crippen LogP contribution in [0.1, 0.15) is 20.3 Å². The highest BCUT2D eigenvalue weighted by Crippen LogP contribution is 2.09. The van der Waals surface area contributed by atoms with Crippen LogP contribution in [0, 0.1) is 5.92 Å². The minimum absolute atomic E-state index is 0.108. The molecule has 0 saturated heterocycles. The Labute approximate surface area is 67.0 Å². The molecule has 0 unspecified atom stereocenters. The number of thiol groups is 2. The Morgan fingerprint density at radius 3 is 2.00 bits per heavy atom. The van der Waals surface area contributed by atoms with Crippen LogP contribution < -0.4 is 0 Å². The van der Waals surface area contributed by atoms with Gasteiger partial charge in [0, 0.05) is 6.42 Å². The second-order valence-corrected chi connectivity index (χ2v) is 3.88. The van der Waals surface area contributed by atoms with Crippen LogP contribution in [0.4, 0.5) is 0 Å². The first-order valence-corrected chi connectivity index (χ1v) is 3.96. The fraction of sp³-hybridized carbons (Fsp3) is 0.833. The molecule has 0 aromatic carbocycles. The molecule has 1 nitrogen and oxygen atoms in total. The maximum absolute atomic E-state index is 10.8. The second-order valence-electron chi connectivity index (χ2n) is 2.44. The summed E-state index contributed by atoms with van der Waals surface area (Å²) < 4.78 is -0.396. The maximum atomic E-state index is 10.8. The lowest BCUT2D eigenvalue weighted by Gasteiger charge is -2.03. The number of rotatable bonds is 3. The molecule has 0 rings (SSSR count).